The molecule has 0 aliphatic heterocycles. The van der Waals surface area contributed by atoms with Gasteiger partial charge in [-0.25, -0.2) is 0 Å². The van der Waals surface area contributed by atoms with Gasteiger partial charge >= 0.3 is 0 Å². The van der Waals surface area contributed by atoms with Crippen LogP contribution in [0.15, 0.2) is 53.1 Å². The number of furan rings is 1. The van der Waals surface area contributed by atoms with Crippen LogP contribution in [0.3, 0.4) is 0 Å². The lowest BCUT2D eigenvalue weighted by Gasteiger charge is -2.12. The number of carbonyl (C=O) groups excluding carboxylic acids is 1. The SMILES string of the molecule is COc1cccc(C(=O)NCc2ccc(C(O)c3ccco3)s2)c1OC. The quantitative estimate of drug-likeness (QED) is 0.664. The fourth-order valence-electron chi connectivity index (χ4n) is 2.55. The van der Waals surface area contributed by atoms with Crippen LogP contribution >= 0.6 is 11.3 Å². The smallest absolute Gasteiger partial charge is 0.255 e. The van der Waals surface area contributed by atoms with Crippen LogP contribution in [0.5, 0.6) is 11.5 Å². The summed E-state index contributed by atoms with van der Waals surface area (Å²) in [4.78, 5) is 14.2. The molecule has 0 radical (unpaired) electrons. The zero-order valence-electron chi connectivity index (χ0n) is 14.4. The summed E-state index contributed by atoms with van der Waals surface area (Å²) in [6, 6.07) is 12.3. The molecule has 0 aliphatic rings. The van der Waals surface area contributed by atoms with Crippen molar-refractivity contribution < 1.29 is 23.8 Å². The van der Waals surface area contributed by atoms with Gasteiger partial charge in [-0.05, 0) is 36.4 Å². The van der Waals surface area contributed by atoms with Gasteiger partial charge in [-0.2, -0.15) is 0 Å². The summed E-state index contributed by atoms with van der Waals surface area (Å²) >= 11 is 1.41. The number of hydrogen-bond acceptors (Lipinski definition) is 6. The Balaban J connectivity index is 1.67. The molecule has 7 heteroatoms. The molecule has 0 saturated heterocycles. The monoisotopic (exact) mass is 373 g/mol. The second kappa shape index (κ2) is 8.07. The first-order valence-corrected chi connectivity index (χ1v) is 8.75. The number of aliphatic hydroxyl groups is 1. The molecule has 26 heavy (non-hydrogen) atoms. The van der Waals surface area contributed by atoms with Gasteiger partial charge in [0.1, 0.15) is 11.9 Å². The predicted octanol–water partition coefficient (Wildman–Crippen LogP) is 3.37. The van der Waals surface area contributed by atoms with E-state index in [1.54, 1.807) is 30.3 Å². The summed E-state index contributed by atoms with van der Waals surface area (Å²) < 4.78 is 15.7. The number of rotatable bonds is 7. The van der Waals surface area contributed by atoms with Gasteiger partial charge in [0.15, 0.2) is 11.5 Å². The van der Waals surface area contributed by atoms with Crippen molar-refractivity contribution in [2.45, 2.75) is 12.6 Å². The Labute approximate surface area is 155 Å². The lowest BCUT2D eigenvalue weighted by molar-refractivity contribution is 0.0947. The van der Waals surface area contributed by atoms with Crippen LogP contribution in [0, 0.1) is 0 Å². The Morgan fingerprint density at radius 3 is 2.73 bits per heavy atom. The van der Waals surface area contributed by atoms with E-state index < -0.39 is 6.10 Å². The van der Waals surface area contributed by atoms with Gasteiger partial charge in [0, 0.05) is 9.75 Å². The minimum Gasteiger partial charge on any atom is -0.493 e. The normalized spacial score (nSPS) is 11.8. The van der Waals surface area contributed by atoms with Crippen molar-refractivity contribution in [2.24, 2.45) is 0 Å². The van der Waals surface area contributed by atoms with Crippen molar-refractivity contribution >= 4 is 17.2 Å². The molecule has 1 atom stereocenters. The van der Waals surface area contributed by atoms with E-state index in [9.17, 15) is 9.90 Å². The first-order chi connectivity index (χ1) is 12.6. The summed E-state index contributed by atoms with van der Waals surface area (Å²) in [5.74, 6) is 1.12. The molecular formula is C19H19NO5S. The summed E-state index contributed by atoms with van der Waals surface area (Å²) in [5.41, 5.74) is 0.402. The first kappa shape index (κ1) is 18.0. The molecule has 136 valence electrons. The zero-order valence-corrected chi connectivity index (χ0v) is 15.2. The van der Waals surface area contributed by atoms with Gasteiger partial charge in [-0.3, -0.25) is 4.79 Å². The maximum atomic E-state index is 12.5. The number of aliphatic hydroxyl groups excluding tert-OH is 1. The van der Waals surface area contributed by atoms with Crippen LogP contribution in [0.2, 0.25) is 0 Å². The average Bonchev–Trinajstić information content (AvgIpc) is 3.36. The highest BCUT2D eigenvalue weighted by Gasteiger charge is 2.18. The number of para-hydroxylation sites is 1. The Hall–Kier alpha value is -2.77. The Bertz CT molecular complexity index is 872. The van der Waals surface area contributed by atoms with E-state index in [1.807, 2.05) is 12.1 Å². The fourth-order valence-corrected chi connectivity index (χ4v) is 3.50. The standard InChI is InChI=1S/C19H19NO5S/c1-23-15-6-3-5-13(18(15)24-2)19(22)20-11-12-8-9-16(26-12)17(21)14-7-4-10-25-14/h3-10,17,21H,11H2,1-2H3,(H,20,22). The van der Waals surface area contributed by atoms with Crippen LogP contribution in [0.1, 0.15) is 32.0 Å². The first-order valence-electron chi connectivity index (χ1n) is 7.93. The van der Waals surface area contributed by atoms with Gasteiger partial charge in [-0.1, -0.05) is 6.07 Å². The summed E-state index contributed by atoms with van der Waals surface area (Å²) in [7, 11) is 3.02. The maximum absolute atomic E-state index is 12.5. The minimum absolute atomic E-state index is 0.262. The summed E-state index contributed by atoms with van der Waals surface area (Å²) in [6.45, 7) is 0.342. The minimum atomic E-state index is -0.807. The molecule has 0 aliphatic carbocycles. The van der Waals surface area contributed by atoms with E-state index in [4.69, 9.17) is 13.9 Å². The number of methoxy groups -OCH3 is 2. The van der Waals surface area contributed by atoms with Gasteiger partial charge in [0.05, 0.1) is 32.6 Å². The number of thiophene rings is 1. The maximum Gasteiger partial charge on any atom is 0.255 e. The van der Waals surface area contributed by atoms with Crippen molar-refractivity contribution in [3.63, 3.8) is 0 Å². The Morgan fingerprint density at radius 1 is 1.19 bits per heavy atom. The lowest BCUT2D eigenvalue weighted by atomic mass is 10.1. The van der Waals surface area contributed by atoms with E-state index in [2.05, 4.69) is 5.32 Å². The van der Waals surface area contributed by atoms with E-state index in [1.165, 1.54) is 31.8 Å². The summed E-state index contributed by atoms with van der Waals surface area (Å²) in [5, 5.41) is 13.1. The van der Waals surface area contributed by atoms with Crippen molar-refractivity contribution in [1.82, 2.24) is 5.32 Å². The topological polar surface area (TPSA) is 80.9 Å². The number of hydrogen-bond donors (Lipinski definition) is 2. The third kappa shape index (κ3) is 3.74. The molecular weight excluding hydrogens is 354 g/mol. The predicted molar refractivity (Wildman–Crippen MR) is 97.8 cm³/mol. The molecule has 0 bridgehead atoms. The molecule has 3 rings (SSSR count). The average molecular weight is 373 g/mol. The van der Waals surface area contributed by atoms with Gasteiger partial charge in [-0.15, -0.1) is 11.3 Å². The van der Waals surface area contributed by atoms with Gasteiger partial charge < -0.3 is 24.3 Å². The molecule has 6 nitrogen and oxygen atoms in total. The highest BCUT2D eigenvalue weighted by Crippen LogP contribution is 2.31. The number of benzene rings is 1. The lowest BCUT2D eigenvalue weighted by Crippen LogP contribution is -2.23. The number of ether oxygens (including phenoxy) is 2. The van der Waals surface area contributed by atoms with E-state index in [0.29, 0.717) is 29.4 Å². The number of amides is 1. The molecule has 1 amide bonds. The highest BCUT2D eigenvalue weighted by molar-refractivity contribution is 7.12. The van der Waals surface area contributed by atoms with E-state index in [-0.39, 0.29) is 5.91 Å². The molecule has 3 aromatic rings. The van der Waals surface area contributed by atoms with Crippen molar-refractivity contribution in [1.29, 1.82) is 0 Å². The Morgan fingerprint density at radius 2 is 2.04 bits per heavy atom. The molecule has 0 saturated carbocycles. The van der Waals surface area contributed by atoms with Gasteiger partial charge in [0.25, 0.3) is 5.91 Å². The third-order valence-corrected chi connectivity index (χ3v) is 4.97. The second-order valence-corrected chi connectivity index (χ2v) is 6.65. The van der Waals surface area contributed by atoms with Crippen molar-refractivity contribution in [2.75, 3.05) is 14.2 Å². The van der Waals surface area contributed by atoms with E-state index in [0.717, 1.165) is 9.75 Å². The van der Waals surface area contributed by atoms with E-state index >= 15 is 0 Å². The molecule has 2 N–H and O–H groups in total. The van der Waals surface area contributed by atoms with Crippen LogP contribution in [-0.4, -0.2) is 25.2 Å². The van der Waals surface area contributed by atoms with Crippen LogP contribution in [0.4, 0.5) is 0 Å². The van der Waals surface area contributed by atoms with Crippen molar-refractivity contribution in [3.8, 4) is 11.5 Å². The Kier molecular flexibility index (Phi) is 5.60. The molecule has 1 unspecified atom stereocenters. The third-order valence-electron chi connectivity index (χ3n) is 3.84. The molecule has 1 aromatic carbocycles. The molecule has 0 fully saturated rings. The highest BCUT2D eigenvalue weighted by atomic mass is 32.1. The second-order valence-electron chi connectivity index (χ2n) is 5.45. The van der Waals surface area contributed by atoms with Crippen LogP contribution < -0.4 is 14.8 Å². The van der Waals surface area contributed by atoms with Crippen molar-refractivity contribution in [3.05, 3.63) is 69.8 Å². The zero-order chi connectivity index (χ0) is 18.5. The molecule has 0 spiro atoms. The molecule has 2 heterocycles. The largest absolute Gasteiger partial charge is 0.493 e. The molecule has 2 aromatic heterocycles. The fraction of sp³-hybridized carbons (Fsp3) is 0.211. The van der Waals surface area contributed by atoms with Crippen LogP contribution in [-0.2, 0) is 6.54 Å². The summed E-state index contributed by atoms with van der Waals surface area (Å²) in [6.07, 6.45) is 0.715. The van der Waals surface area contributed by atoms with Gasteiger partial charge in [0.2, 0.25) is 0 Å². The number of carbonyl (C=O) groups is 1. The number of nitrogens with one attached hydrogen (secondary N) is 1. The van der Waals surface area contributed by atoms with Crippen LogP contribution in [0.25, 0.3) is 0 Å².